The number of hydrogen-bond acceptors (Lipinski definition) is 2. The maximum atomic E-state index is 9.48. The number of phenols is 1. The van der Waals surface area contributed by atoms with Gasteiger partial charge < -0.3 is 5.11 Å². The SMILES string of the molecule is CC(N(C)Cc1cc(O)ccc1Cl)C1(C)CC1. The van der Waals surface area contributed by atoms with Gasteiger partial charge in [0.15, 0.2) is 0 Å². The Kier molecular flexibility index (Phi) is 3.37. The minimum absolute atomic E-state index is 0.281. The van der Waals surface area contributed by atoms with Gasteiger partial charge in [0.25, 0.3) is 0 Å². The fourth-order valence-corrected chi connectivity index (χ4v) is 2.41. The maximum absolute atomic E-state index is 9.48. The lowest BCUT2D eigenvalue weighted by molar-refractivity contribution is 0.178. The van der Waals surface area contributed by atoms with Crippen molar-refractivity contribution in [2.75, 3.05) is 7.05 Å². The summed E-state index contributed by atoms with van der Waals surface area (Å²) < 4.78 is 0. The zero-order valence-electron chi connectivity index (χ0n) is 10.7. The molecule has 0 amide bonds. The first-order valence-corrected chi connectivity index (χ1v) is 6.48. The number of hydrogen-bond donors (Lipinski definition) is 1. The van der Waals surface area contributed by atoms with Crippen LogP contribution in [0.15, 0.2) is 18.2 Å². The Morgan fingerprint density at radius 2 is 2.12 bits per heavy atom. The Hall–Kier alpha value is -0.730. The summed E-state index contributed by atoms with van der Waals surface area (Å²) in [6, 6.07) is 5.67. The van der Waals surface area contributed by atoms with Gasteiger partial charge in [-0.05, 0) is 56.0 Å². The molecule has 0 spiro atoms. The summed E-state index contributed by atoms with van der Waals surface area (Å²) >= 11 is 6.14. The average molecular weight is 254 g/mol. The molecule has 1 aromatic rings. The van der Waals surface area contributed by atoms with Crippen molar-refractivity contribution in [2.45, 2.75) is 39.3 Å². The first-order chi connectivity index (χ1) is 7.92. The molecule has 0 radical (unpaired) electrons. The third kappa shape index (κ3) is 2.75. The predicted molar refractivity (Wildman–Crippen MR) is 71.4 cm³/mol. The fourth-order valence-electron chi connectivity index (χ4n) is 2.23. The summed E-state index contributed by atoms with van der Waals surface area (Å²) in [5.41, 5.74) is 1.46. The number of rotatable bonds is 4. The van der Waals surface area contributed by atoms with Gasteiger partial charge in [-0.15, -0.1) is 0 Å². The third-order valence-electron chi connectivity index (χ3n) is 4.16. The largest absolute Gasteiger partial charge is 0.508 e. The highest BCUT2D eigenvalue weighted by molar-refractivity contribution is 6.31. The van der Waals surface area contributed by atoms with Gasteiger partial charge in [0.05, 0.1) is 0 Å². The highest BCUT2D eigenvalue weighted by Crippen LogP contribution is 2.49. The summed E-state index contributed by atoms with van der Waals surface area (Å²) in [6.45, 7) is 5.38. The number of phenolic OH excluding ortho intramolecular Hbond substituents is 1. The lowest BCUT2D eigenvalue weighted by Gasteiger charge is -2.30. The molecule has 0 saturated heterocycles. The summed E-state index contributed by atoms with van der Waals surface area (Å²) in [5, 5.41) is 10.2. The molecular weight excluding hydrogens is 234 g/mol. The Labute approximate surface area is 108 Å². The van der Waals surface area contributed by atoms with Crippen molar-refractivity contribution < 1.29 is 5.11 Å². The lowest BCUT2D eigenvalue weighted by atomic mass is 9.99. The van der Waals surface area contributed by atoms with Crippen molar-refractivity contribution in [3.8, 4) is 5.75 Å². The molecule has 1 atom stereocenters. The Morgan fingerprint density at radius 1 is 1.47 bits per heavy atom. The van der Waals surface area contributed by atoms with E-state index in [1.807, 2.05) is 0 Å². The minimum Gasteiger partial charge on any atom is -0.508 e. The molecule has 1 N–H and O–H groups in total. The quantitative estimate of drug-likeness (QED) is 0.885. The lowest BCUT2D eigenvalue weighted by Crippen LogP contribution is -2.35. The van der Waals surface area contributed by atoms with Crippen LogP contribution in [0.4, 0.5) is 0 Å². The highest BCUT2D eigenvalue weighted by Gasteiger charge is 2.43. The van der Waals surface area contributed by atoms with Gasteiger partial charge in [0, 0.05) is 17.6 Å². The van der Waals surface area contributed by atoms with E-state index in [2.05, 4.69) is 25.8 Å². The molecule has 1 fully saturated rings. The van der Waals surface area contributed by atoms with Gasteiger partial charge >= 0.3 is 0 Å². The second-order valence-electron chi connectivity index (χ2n) is 5.52. The van der Waals surface area contributed by atoms with Gasteiger partial charge in [-0.3, -0.25) is 4.90 Å². The van der Waals surface area contributed by atoms with Crippen molar-refractivity contribution in [3.63, 3.8) is 0 Å². The van der Waals surface area contributed by atoms with Crippen molar-refractivity contribution in [1.29, 1.82) is 0 Å². The zero-order valence-corrected chi connectivity index (χ0v) is 11.5. The van der Waals surface area contributed by atoms with Crippen LogP contribution in [0.2, 0.25) is 5.02 Å². The molecular formula is C14H20ClNO. The van der Waals surface area contributed by atoms with Crippen molar-refractivity contribution in [1.82, 2.24) is 4.90 Å². The average Bonchev–Trinajstić information content (AvgIpc) is 3.02. The van der Waals surface area contributed by atoms with Crippen molar-refractivity contribution in [2.24, 2.45) is 5.41 Å². The van der Waals surface area contributed by atoms with Crippen molar-refractivity contribution in [3.05, 3.63) is 28.8 Å². The summed E-state index contributed by atoms with van der Waals surface area (Å²) in [7, 11) is 2.12. The number of benzene rings is 1. The van der Waals surface area contributed by atoms with E-state index in [9.17, 15) is 5.11 Å². The topological polar surface area (TPSA) is 23.5 Å². The summed E-state index contributed by atoms with van der Waals surface area (Å²) in [5.74, 6) is 0.281. The van der Waals surface area contributed by atoms with Crippen LogP contribution in [-0.4, -0.2) is 23.1 Å². The molecule has 0 bridgehead atoms. The van der Waals surface area contributed by atoms with Crippen LogP contribution in [0, 0.1) is 5.41 Å². The fraction of sp³-hybridized carbons (Fsp3) is 0.571. The first kappa shape index (κ1) is 12.7. The van der Waals surface area contributed by atoms with E-state index in [0.717, 1.165) is 17.1 Å². The van der Waals surface area contributed by atoms with Crippen LogP contribution in [-0.2, 0) is 6.54 Å². The molecule has 1 unspecified atom stereocenters. The molecule has 3 heteroatoms. The standard InChI is InChI=1S/C14H20ClNO/c1-10(14(2)6-7-14)16(3)9-11-8-12(17)4-5-13(11)15/h4-5,8,10,17H,6-7,9H2,1-3H3. The van der Waals surface area contributed by atoms with E-state index >= 15 is 0 Å². The Balaban J connectivity index is 2.07. The van der Waals surface area contributed by atoms with Crippen LogP contribution in [0.5, 0.6) is 5.75 Å². The van der Waals surface area contributed by atoms with Crippen molar-refractivity contribution >= 4 is 11.6 Å². The van der Waals surface area contributed by atoms with Crippen LogP contribution >= 0.6 is 11.6 Å². The molecule has 0 aliphatic heterocycles. The zero-order chi connectivity index (χ0) is 12.6. The van der Waals surface area contributed by atoms with E-state index in [1.54, 1.807) is 18.2 Å². The van der Waals surface area contributed by atoms with E-state index in [-0.39, 0.29) is 5.75 Å². The van der Waals surface area contributed by atoms with E-state index in [1.165, 1.54) is 12.8 Å². The second-order valence-corrected chi connectivity index (χ2v) is 5.93. The third-order valence-corrected chi connectivity index (χ3v) is 4.53. The number of halogens is 1. The molecule has 1 aliphatic rings. The summed E-state index contributed by atoms with van der Waals surface area (Å²) in [4.78, 5) is 2.31. The molecule has 1 saturated carbocycles. The van der Waals surface area contributed by atoms with Gasteiger partial charge in [-0.2, -0.15) is 0 Å². The minimum atomic E-state index is 0.281. The second kappa shape index (κ2) is 4.51. The van der Waals surface area contributed by atoms with E-state index < -0.39 is 0 Å². The monoisotopic (exact) mass is 253 g/mol. The van der Waals surface area contributed by atoms with Crippen LogP contribution in [0.1, 0.15) is 32.3 Å². The van der Waals surface area contributed by atoms with E-state index in [0.29, 0.717) is 11.5 Å². The predicted octanol–water partition coefficient (Wildman–Crippen LogP) is 3.67. The normalized spacial score (nSPS) is 19.4. The molecule has 94 valence electrons. The van der Waals surface area contributed by atoms with Crippen LogP contribution < -0.4 is 0 Å². The molecule has 2 rings (SSSR count). The molecule has 2 nitrogen and oxygen atoms in total. The Morgan fingerprint density at radius 3 is 2.71 bits per heavy atom. The molecule has 1 aromatic carbocycles. The van der Waals surface area contributed by atoms with Gasteiger partial charge in [0.2, 0.25) is 0 Å². The van der Waals surface area contributed by atoms with Gasteiger partial charge in [0.1, 0.15) is 5.75 Å². The first-order valence-electron chi connectivity index (χ1n) is 6.10. The summed E-state index contributed by atoms with van der Waals surface area (Å²) in [6.07, 6.45) is 2.62. The molecule has 0 heterocycles. The highest BCUT2D eigenvalue weighted by atomic mass is 35.5. The maximum Gasteiger partial charge on any atom is 0.116 e. The molecule has 1 aliphatic carbocycles. The number of aromatic hydroxyl groups is 1. The molecule has 17 heavy (non-hydrogen) atoms. The Bertz CT molecular complexity index is 415. The van der Waals surface area contributed by atoms with Crippen LogP contribution in [0.25, 0.3) is 0 Å². The van der Waals surface area contributed by atoms with Gasteiger partial charge in [-0.1, -0.05) is 18.5 Å². The van der Waals surface area contributed by atoms with E-state index in [4.69, 9.17) is 11.6 Å². The molecule has 0 aromatic heterocycles. The number of nitrogens with zero attached hydrogens (tertiary/aromatic N) is 1. The van der Waals surface area contributed by atoms with Gasteiger partial charge in [-0.25, -0.2) is 0 Å². The smallest absolute Gasteiger partial charge is 0.116 e. The van der Waals surface area contributed by atoms with Crippen LogP contribution in [0.3, 0.4) is 0 Å².